The first-order valence-electron chi connectivity index (χ1n) is 9.31. The second kappa shape index (κ2) is 7.64. The number of likely N-dealkylation sites (N-methyl/N-ethyl adjacent to an activating group) is 1. The molecule has 1 N–H and O–H groups in total. The van der Waals surface area contributed by atoms with Gasteiger partial charge in [0, 0.05) is 43.7 Å². The molecule has 3 aromatic heterocycles. The number of aromatic nitrogens is 4. The van der Waals surface area contributed by atoms with E-state index in [1.165, 1.54) is 4.88 Å². The monoisotopic (exact) mass is 384 g/mol. The van der Waals surface area contributed by atoms with Crippen molar-refractivity contribution in [2.45, 2.75) is 38.6 Å². The van der Waals surface area contributed by atoms with Crippen molar-refractivity contribution in [1.29, 1.82) is 0 Å². The van der Waals surface area contributed by atoms with Gasteiger partial charge in [-0.3, -0.25) is 9.89 Å². The summed E-state index contributed by atoms with van der Waals surface area (Å²) in [6, 6.07) is 2.43. The van der Waals surface area contributed by atoms with Crippen LogP contribution < -0.4 is 4.90 Å². The van der Waals surface area contributed by atoms with E-state index >= 15 is 0 Å². The minimum Gasteiger partial charge on any atom is -0.354 e. The smallest absolute Gasteiger partial charge is 0.222 e. The van der Waals surface area contributed by atoms with Crippen LogP contribution in [0.3, 0.4) is 0 Å². The first-order valence-corrected chi connectivity index (χ1v) is 10.1. The van der Waals surface area contributed by atoms with Crippen molar-refractivity contribution in [3.8, 4) is 0 Å². The van der Waals surface area contributed by atoms with Gasteiger partial charge in [-0.05, 0) is 37.8 Å². The number of carbonyl (C=O) groups excluding carboxylic acids is 1. The predicted octanol–water partition coefficient (Wildman–Crippen LogP) is 2.78. The van der Waals surface area contributed by atoms with Gasteiger partial charge in [-0.25, -0.2) is 9.97 Å². The van der Waals surface area contributed by atoms with Crippen LogP contribution in [0.25, 0.3) is 10.2 Å². The third kappa shape index (κ3) is 3.80. The maximum atomic E-state index is 12.7. The molecule has 1 aliphatic heterocycles. The molecule has 142 valence electrons. The summed E-state index contributed by atoms with van der Waals surface area (Å²) in [5, 5.41) is 7.84. The molecule has 1 fully saturated rings. The molecule has 1 saturated heterocycles. The molecule has 0 saturated carbocycles. The predicted molar refractivity (Wildman–Crippen MR) is 107 cm³/mol. The number of fused-ring (bicyclic) bond motifs is 1. The quantitative estimate of drug-likeness (QED) is 0.732. The lowest BCUT2D eigenvalue weighted by atomic mass is 10.0. The lowest BCUT2D eigenvalue weighted by Crippen LogP contribution is -2.49. The minimum atomic E-state index is 0.216. The highest BCUT2D eigenvalue weighted by atomic mass is 32.1. The highest BCUT2D eigenvalue weighted by molar-refractivity contribution is 7.18. The molecular weight excluding hydrogens is 360 g/mol. The number of carbonyl (C=O) groups is 1. The number of rotatable bonds is 5. The fraction of sp³-hybridized carbons (Fsp3) is 0.474. The van der Waals surface area contributed by atoms with Crippen LogP contribution in [0.1, 0.15) is 29.7 Å². The van der Waals surface area contributed by atoms with Crippen molar-refractivity contribution in [3.05, 3.63) is 35.2 Å². The number of aromatic amines is 1. The number of thiophene rings is 1. The van der Waals surface area contributed by atoms with Gasteiger partial charge in [-0.15, -0.1) is 11.3 Å². The van der Waals surface area contributed by atoms with Crippen molar-refractivity contribution in [1.82, 2.24) is 25.1 Å². The minimum absolute atomic E-state index is 0.216. The van der Waals surface area contributed by atoms with Gasteiger partial charge in [0.1, 0.15) is 17.0 Å². The molecule has 0 spiro atoms. The summed E-state index contributed by atoms with van der Waals surface area (Å²) in [4.78, 5) is 28.1. The van der Waals surface area contributed by atoms with E-state index in [1.54, 1.807) is 23.9 Å². The van der Waals surface area contributed by atoms with Crippen molar-refractivity contribution >= 4 is 33.3 Å². The molecule has 8 heteroatoms. The number of aryl methyl sites for hydroxylation is 2. The first kappa shape index (κ1) is 17.9. The summed E-state index contributed by atoms with van der Waals surface area (Å²) in [6.45, 7) is 3.68. The van der Waals surface area contributed by atoms with Crippen molar-refractivity contribution in [2.24, 2.45) is 0 Å². The van der Waals surface area contributed by atoms with Crippen LogP contribution in [-0.4, -0.2) is 57.2 Å². The Morgan fingerprint density at radius 3 is 3.15 bits per heavy atom. The molecule has 1 aliphatic rings. The van der Waals surface area contributed by atoms with Crippen LogP contribution in [0.15, 0.2) is 24.8 Å². The van der Waals surface area contributed by atoms with Crippen LogP contribution in [0.2, 0.25) is 0 Å². The summed E-state index contributed by atoms with van der Waals surface area (Å²) in [5.41, 5.74) is 1.07. The van der Waals surface area contributed by atoms with Gasteiger partial charge in [0.15, 0.2) is 0 Å². The zero-order valence-electron chi connectivity index (χ0n) is 15.7. The van der Waals surface area contributed by atoms with Crippen LogP contribution in [0.5, 0.6) is 0 Å². The summed E-state index contributed by atoms with van der Waals surface area (Å²) in [7, 11) is 2.08. The van der Waals surface area contributed by atoms with Crippen LogP contribution >= 0.6 is 11.3 Å². The average Bonchev–Trinajstić information content (AvgIpc) is 3.33. The van der Waals surface area contributed by atoms with Crippen LogP contribution in [-0.2, 0) is 11.2 Å². The second-order valence-corrected chi connectivity index (χ2v) is 8.36. The summed E-state index contributed by atoms with van der Waals surface area (Å²) in [5.74, 6) is 1.18. The Labute approximate surface area is 162 Å². The van der Waals surface area contributed by atoms with Crippen molar-refractivity contribution in [2.75, 3.05) is 25.0 Å². The lowest BCUT2D eigenvalue weighted by Gasteiger charge is -2.38. The third-order valence-corrected chi connectivity index (χ3v) is 6.20. The normalized spacial score (nSPS) is 17.4. The average molecular weight is 385 g/mol. The molecule has 7 nitrogen and oxygen atoms in total. The third-order valence-electron chi connectivity index (χ3n) is 5.25. The molecule has 4 rings (SSSR count). The number of nitrogens with zero attached hydrogens (tertiary/aromatic N) is 5. The van der Waals surface area contributed by atoms with E-state index < -0.39 is 0 Å². The van der Waals surface area contributed by atoms with Crippen LogP contribution in [0, 0.1) is 6.92 Å². The molecule has 1 amide bonds. The summed E-state index contributed by atoms with van der Waals surface area (Å²) >= 11 is 1.69. The molecule has 1 unspecified atom stereocenters. The largest absolute Gasteiger partial charge is 0.354 e. The SMILES string of the molecule is Cc1cc2c(N(C)C3CCCN(C(=O)CCc4cn[nH]c4)C3)ncnc2s1. The lowest BCUT2D eigenvalue weighted by molar-refractivity contribution is -0.132. The van der Waals surface area contributed by atoms with Gasteiger partial charge in [0.05, 0.1) is 11.6 Å². The highest BCUT2D eigenvalue weighted by Gasteiger charge is 2.27. The number of anilines is 1. The molecule has 0 aromatic carbocycles. The molecule has 0 aliphatic carbocycles. The Kier molecular flexibility index (Phi) is 5.07. The highest BCUT2D eigenvalue weighted by Crippen LogP contribution is 2.31. The van der Waals surface area contributed by atoms with E-state index in [1.807, 2.05) is 11.1 Å². The first-order chi connectivity index (χ1) is 13.1. The van der Waals surface area contributed by atoms with Gasteiger partial charge in [-0.2, -0.15) is 5.10 Å². The van der Waals surface area contributed by atoms with Crippen molar-refractivity contribution < 1.29 is 4.79 Å². The van der Waals surface area contributed by atoms with Gasteiger partial charge >= 0.3 is 0 Å². The Balaban J connectivity index is 1.44. The molecule has 4 heterocycles. The Hall–Kier alpha value is -2.48. The molecular formula is C19H24N6OS. The number of nitrogens with one attached hydrogen (secondary N) is 1. The van der Waals surface area contributed by atoms with Gasteiger partial charge in [0.25, 0.3) is 0 Å². The van der Waals surface area contributed by atoms with E-state index in [-0.39, 0.29) is 11.9 Å². The zero-order valence-corrected chi connectivity index (χ0v) is 16.5. The topological polar surface area (TPSA) is 78.0 Å². The molecule has 0 bridgehead atoms. The number of amides is 1. The van der Waals surface area contributed by atoms with E-state index in [4.69, 9.17) is 0 Å². The summed E-state index contributed by atoms with van der Waals surface area (Å²) < 4.78 is 0. The Morgan fingerprint density at radius 1 is 1.44 bits per heavy atom. The maximum absolute atomic E-state index is 12.7. The molecule has 1 atom stereocenters. The molecule has 3 aromatic rings. The number of piperidine rings is 1. The molecule has 27 heavy (non-hydrogen) atoms. The van der Waals surface area contributed by atoms with Gasteiger partial charge in [-0.1, -0.05) is 0 Å². The fourth-order valence-electron chi connectivity index (χ4n) is 3.74. The number of hydrogen-bond donors (Lipinski definition) is 1. The number of H-pyrrole nitrogens is 1. The van der Waals surface area contributed by atoms with Gasteiger partial charge < -0.3 is 9.80 Å². The molecule has 0 radical (unpaired) electrons. The standard InChI is InChI=1S/C19H24N6OS/c1-13-8-16-18(20-12-21-19(16)27-13)24(2)15-4-3-7-25(11-15)17(26)6-5-14-9-22-23-10-14/h8-10,12,15H,3-7,11H2,1-2H3,(H,22,23). The Bertz CT molecular complexity index is 922. The number of likely N-dealkylation sites (tertiary alicyclic amines) is 1. The Morgan fingerprint density at radius 2 is 2.33 bits per heavy atom. The van der Waals surface area contributed by atoms with E-state index in [2.05, 4.69) is 45.1 Å². The van der Waals surface area contributed by atoms with E-state index in [0.717, 1.165) is 53.9 Å². The zero-order chi connectivity index (χ0) is 18.8. The second-order valence-electron chi connectivity index (χ2n) is 7.13. The van der Waals surface area contributed by atoms with Gasteiger partial charge in [0.2, 0.25) is 5.91 Å². The maximum Gasteiger partial charge on any atom is 0.222 e. The van der Waals surface area contributed by atoms with E-state index in [9.17, 15) is 4.79 Å². The fourth-order valence-corrected chi connectivity index (χ4v) is 4.58. The van der Waals surface area contributed by atoms with E-state index in [0.29, 0.717) is 6.42 Å². The van der Waals surface area contributed by atoms with Crippen molar-refractivity contribution in [3.63, 3.8) is 0 Å². The van der Waals surface area contributed by atoms with Crippen LogP contribution in [0.4, 0.5) is 5.82 Å². The number of hydrogen-bond acceptors (Lipinski definition) is 6. The summed E-state index contributed by atoms with van der Waals surface area (Å²) in [6.07, 6.45) is 8.61.